The molecule has 1 aromatic carbocycles. The molecule has 0 aliphatic carbocycles. The van der Waals surface area contributed by atoms with Crippen molar-refractivity contribution in [2.45, 2.75) is 13.0 Å². The molecule has 0 saturated heterocycles. The van der Waals surface area contributed by atoms with Gasteiger partial charge in [-0.3, -0.25) is 4.79 Å². The van der Waals surface area contributed by atoms with Gasteiger partial charge in [-0.15, -0.1) is 0 Å². The molecular formula is C9H6F4O3. The highest BCUT2D eigenvalue weighted by molar-refractivity contribution is 5.70. The van der Waals surface area contributed by atoms with Crippen molar-refractivity contribution in [3.8, 4) is 5.75 Å². The number of carbonyl (C=O) groups is 1. The molecule has 0 heterocycles. The van der Waals surface area contributed by atoms with E-state index < -0.39 is 41.9 Å². The zero-order chi connectivity index (χ0) is 12.3. The first-order chi connectivity index (χ1) is 7.40. The average molecular weight is 238 g/mol. The molecule has 7 heteroatoms. The lowest BCUT2D eigenvalue weighted by molar-refractivity contribution is -0.136. The zero-order valence-corrected chi connectivity index (χ0v) is 7.71. The van der Waals surface area contributed by atoms with Gasteiger partial charge < -0.3 is 9.84 Å². The molecule has 0 saturated carbocycles. The van der Waals surface area contributed by atoms with Crippen LogP contribution in [0, 0.1) is 11.6 Å². The summed E-state index contributed by atoms with van der Waals surface area (Å²) in [5.74, 6) is -4.67. The van der Waals surface area contributed by atoms with E-state index in [4.69, 9.17) is 5.11 Å². The fourth-order valence-corrected chi connectivity index (χ4v) is 1.05. The normalized spacial score (nSPS) is 10.6. The van der Waals surface area contributed by atoms with Crippen molar-refractivity contribution in [2.24, 2.45) is 0 Å². The maximum atomic E-state index is 13.1. The number of hydrogen-bond acceptors (Lipinski definition) is 2. The van der Waals surface area contributed by atoms with E-state index in [0.29, 0.717) is 12.1 Å². The summed E-state index contributed by atoms with van der Waals surface area (Å²) in [6, 6.07) is 0.904. The van der Waals surface area contributed by atoms with Crippen LogP contribution < -0.4 is 4.74 Å². The second-order valence-corrected chi connectivity index (χ2v) is 2.82. The van der Waals surface area contributed by atoms with Crippen LogP contribution in [0.1, 0.15) is 5.56 Å². The predicted molar refractivity (Wildman–Crippen MR) is 44.3 cm³/mol. The maximum absolute atomic E-state index is 13.1. The fourth-order valence-electron chi connectivity index (χ4n) is 1.05. The van der Waals surface area contributed by atoms with Crippen LogP contribution in [-0.2, 0) is 11.2 Å². The summed E-state index contributed by atoms with van der Waals surface area (Å²) in [6.07, 6.45) is -0.738. The molecule has 88 valence electrons. The molecule has 1 N–H and O–H groups in total. The minimum absolute atomic E-state index is 0.389. The average Bonchev–Trinajstić information content (AvgIpc) is 2.11. The Hall–Kier alpha value is -1.79. The molecule has 0 spiro atoms. The minimum atomic E-state index is -3.28. The molecule has 3 nitrogen and oxygen atoms in total. The lowest BCUT2D eigenvalue weighted by Gasteiger charge is -2.07. The van der Waals surface area contributed by atoms with Crippen molar-refractivity contribution in [2.75, 3.05) is 0 Å². The summed E-state index contributed by atoms with van der Waals surface area (Å²) in [7, 11) is 0. The van der Waals surface area contributed by atoms with E-state index in [-0.39, 0.29) is 0 Å². The number of carboxylic acid groups (broad SMARTS) is 1. The molecule has 16 heavy (non-hydrogen) atoms. The first kappa shape index (κ1) is 12.3. The van der Waals surface area contributed by atoms with Gasteiger partial charge in [-0.25, -0.2) is 8.78 Å². The molecule has 0 bridgehead atoms. The Balaban J connectivity index is 3.01. The largest absolute Gasteiger partial charge is 0.481 e. The number of benzene rings is 1. The summed E-state index contributed by atoms with van der Waals surface area (Å²) in [6.45, 7) is -3.28. The van der Waals surface area contributed by atoms with Crippen molar-refractivity contribution >= 4 is 5.97 Å². The van der Waals surface area contributed by atoms with Crippen LogP contribution in [-0.4, -0.2) is 17.7 Å². The molecule has 1 rings (SSSR count). The van der Waals surface area contributed by atoms with Crippen LogP contribution in [0.5, 0.6) is 5.75 Å². The molecule has 0 atom stereocenters. The fraction of sp³-hybridized carbons (Fsp3) is 0.222. The molecule has 0 radical (unpaired) electrons. The van der Waals surface area contributed by atoms with Crippen LogP contribution >= 0.6 is 0 Å². The number of carboxylic acids is 1. The molecule has 0 aliphatic rings. The molecule has 0 aromatic heterocycles. The van der Waals surface area contributed by atoms with Gasteiger partial charge in [0.15, 0.2) is 11.6 Å². The van der Waals surface area contributed by atoms with Crippen LogP contribution in [0.4, 0.5) is 17.6 Å². The molecule has 1 aromatic rings. The Morgan fingerprint density at radius 1 is 1.31 bits per heavy atom. The monoisotopic (exact) mass is 238 g/mol. The number of rotatable bonds is 4. The summed E-state index contributed by atoms with van der Waals surface area (Å²) < 4.78 is 53.3. The van der Waals surface area contributed by atoms with E-state index in [1.54, 1.807) is 0 Å². The van der Waals surface area contributed by atoms with E-state index in [2.05, 4.69) is 4.74 Å². The highest BCUT2D eigenvalue weighted by Crippen LogP contribution is 2.23. The van der Waals surface area contributed by atoms with Crippen LogP contribution in [0.3, 0.4) is 0 Å². The number of ether oxygens (including phenoxy) is 1. The van der Waals surface area contributed by atoms with E-state index in [9.17, 15) is 22.4 Å². The lowest BCUT2D eigenvalue weighted by atomic mass is 10.1. The molecular weight excluding hydrogens is 232 g/mol. The lowest BCUT2D eigenvalue weighted by Crippen LogP contribution is -2.07. The Bertz CT molecular complexity index is 406. The highest BCUT2D eigenvalue weighted by Gasteiger charge is 2.15. The zero-order valence-electron chi connectivity index (χ0n) is 7.71. The summed E-state index contributed by atoms with van der Waals surface area (Å²) in [5.41, 5.74) is -0.438. The van der Waals surface area contributed by atoms with Crippen molar-refractivity contribution < 1.29 is 32.2 Å². The number of alkyl halides is 2. The van der Waals surface area contributed by atoms with Gasteiger partial charge in [-0.05, 0) is 6.07 Å². The number of hydrogen-bond donors (Lipinski definition) is 1. The highest BCUT2D eigenvalue weighted by atomic mass is 19.3. The van der Waals surface area contributed by atoms with Gasteiger partial charge in [0.25, 0.3) is 0 Å². The molecule has 0 amide bonds. The van der Waals surface area contributed by atoms with Gasteiger partial charge in [0, 0.05) is 11.6 Å². The van der Waals surface area contributed by atoms with E-state index in [1.807, 2.05) is 0 Å². The summed E-state index contributed by atoms with van der Waals surface area (Å²) >= 11 is 0. The summed E-state index contributed by atoms with van der Waals surface area (Å²) in [5, 5.41) is 8.36. The standard InChI is InChI=1S/C9H6F4O3/c10-5-3-7(16-9(12)13)6(11)1-4(5)2-8(14)15/h1,3,9H,2H2,(H,14,15). The third kappa shape index (κ3) is 3.11. The third-order valence-corrected chi connectivity index (χ3v) is 1.66. The van der Waals surface area contributed by atoms with E-state index in [1.165, 1.54) is 0 Å². The van der Waals surface area contributed by atoms with Gasteiger partial charge >= 0.3 is 12.6 Å². The Morgan fingerprint density at radius 2 is 1.94 bits per heavy atom. The Kier molecular flexibility index (Phi) is 3.70. The Labute approximate surface area is 87.3 Å². The van der Waals surface area contributed by atoms with Gasteiger partial charge in [-0.2, -0.15) is 8.78 Å². The number of halogens is 4. The van der Waals surface area contributed by atoms with Crippen molar-refractivity contribution in [3.05, 3.63) is 29.3 Å². The predicted octanol–water partition coefficient (Wildman–Crippen LogP) is 2.19. The first-order valence-electron chi connectivity index (χ1n) is 4.04. The SMILES string of the molecule is O=C(O)Cc1cc(F)c(OC(F)F)cc1F. The van der Waals surface area contributed by atoms with Gasteiger partial charge in [0.1, 0.15) is 5.82 Å². The van der Waals surface area contributed by atoms with Gasteiger partial charge in [0.2, 0.25) is 0 Å². The van der Waals surface area contributed by atoms with Gasteiger partial charge in [0.05, 0.1) is 6.42 Å². The molecule has 0 fully saturated rings. The molecule has 0 unspecified atom stereocenters. The van der Waals surface area contributed by atoms with Crippen LogP contribution in [0.2, 0.25) is 0 Å². The minimum Gasteiger partial charge on any atom is -0.481 e. The second-order valence-electron chi connectivity index (χ2n) is 2.82. The number of aliphatic carboxylic acids is 1. The first-order valence-corrected chi connectivity index (χ1v) is 4.04. The smallest absolute Gasteiger partial charge is 0.387 e. The van der Waals surface area contributed by atoms with Crippen molar-refractivity contribution in [1.29, 1.82) is 0 Å². The van der Waals surface area contributed by atoms with E-state index >= 15 is 0 Å². The van der Waals surface area contributed by atoms with Crippen LogP contribution in [0.25, 0.3) is 0 Å². The van der Waals surface area contributed by atoms with Crippen LogP contribution in [0.15, 0.2) is 12.1 Å². The van der Waals surface area contributed by atoms with Crippen molar-refractivity contribution in [3.63, 3.8) is 0 Å². The second kappa shape index (κ2) is 4.82. The van der Waals surface area contributed by atoms with E-state index in [0.717, 1.165) is 0 Å². The summed E-state index contributed by atoms with van der Waals surface area (Å²) in [4.78, 5) is 10.3. The topological polar surface area (TPSA) is 46.5 Å². The third-order valence-electron chi connectivity index (χ3n) is 1.66. The maximum Gasteiger partial charge on any atom is 0.387 e. The van der Waals surface area contributed by atoms with Gasteiger partial charge in [-0.1, -0.05) is 0 Å². The molecule has 0 aliphatic heterocycles. The quantitative estimate of drug-likeness (QED) is 0.818. The Morgan fingerprint density at radius 3 is 2.44 bits per heavy atom. The van der Waals surface area contributed by atoms with Crippen molar-refractivity contribution in [1.82, 2.24) is 0 Å².